The van der Waals surface area contributed by atoms with Gasteiger partial charge in [-0.3, -0.25) is 9.59 Å². The number of amides is 1. The summed E-state index contributed by atoms with van der Waals surface area (Å²) in [6.45, 7) is 4.22. The first-order chi connectivity index (χ1) is 10.9. The van der Waals surface area contributed by atoms with E-state index in [-0.39, 0.29) is 30.2 Å². The predicted molar refractivity (Wildman–Crippen MR) is 84.6 cm³/mol. The van der Waals surface area contributed by atoms with Crippen molar-refractivity contribution in [3.05, 3.63) is 29.7 Å². The molecule has 1 aromatic heterocycles. The number of alkyl carbamates (subject to hydrolysis) is 1. The normalized spacial score (nSPS) is 10.5. The van der Waals surface area contributed by atoms with Crippen molar-refractivity contribution in [3.8, 4) is 0 Å². The molecule has 0 saturated carbocycles. The lowest BCUT2D eigenvalue weighted by molar-refractivity contribution is -0.110. The second-order valence-electron chi connectivity index (χ2n) is 4.62. The molecular weight excluding hydrogens is 322 g/mol. The molecule has 0 aliphatic rings. The van der Waals surface area contributed by atoms with Crippen molar-refractivity contribution in [1.82, 2.24) is 15.3 Å². The minimum Gasteiger partial charge on any atom is -0.502 e. The maximum atomic E-state index is 11.1. The van der Waals surface area contributed by atoms with Crippen LogP contribution in [0.15, 0.2) is 24.0 Å². The molecule has 10 heteroatoms. The number of carbonyl (C=O) groups excluding carboxylic acids is 3. The number of aryl methyl sites for hydroxylation is 1. The summed E-state index contributed by atoms with van der Waals surface area (Å²) in [4.78, 5) is 36.9. The molecular formula is C14H23N3O7. The Morgan fingerprint density at radius 2 is 1.92 bits per heavy atom. The molecule has 10 nitrogen and oxygen atoms in total. The van der Waals surface area contributed by atoms with Crippen LogP contribution in [0.5, 0.6) is 0 Å². The molecule has 0 radical (unpaired) electrons. The summed E-state index contributed by atoms with van der Waals surface area (Å²) >= 11 is 0. The summed E-state index contributed by atoms with van der Waals surface area (Å²) in [6, 6.07) is 0.116. The summed E-state index contributed by atoms with van der Waals surface area (Å²) in [5, 5.41) is 19.0. The number of ether oxygens (including phenoxy) is 1. The molecule has 0 aromatic carbocycles. The zero-order chi connectivity index (χ0) is 17.7. The van der Waals surface area contributed by atoms with Crippen molar-refractivity contribution in [2.24, 2.45) is 0 Å². The highest BCUT2D eigenvalue weighted by atomic mass is 16.5. The first-order valence-electron chi connectivity index (χ1n) is 6.83. The number of aldehydes is 2. The van der Waals surface area contributed by atoms with Crippen LogP contribution in [0.1, 0.15) is 26.0 Å². The van der Waals surface area contributed by atoms with Crippen LogP contribution in [0.25, 0.3) is 0 Å². The molecule has 0 saturated heterocycles. The Morgan fingerprint density at radius 1 is 1.33 bits per heavy atom. The summed E-state index contributed by atoms with van der Waals surface area (Å²) in [5.74, 6) is -1.89. The first-order valence-corrected chi connectivity index (χ1v) is 6.83. The number of allylic oxidation sites excluding steroid dienone is 2. The van der Waals surface area contributed by atoms with Crippen LogP contribution in [0.2, 0.25) is 0 Å². The number of aliphatic hydroxyl groups is 2. The van der Waals surface area contributed by atoms with Gasteiger partial charge in [0.05, 0.1) is 12.9 Å². The highest BCUT2D eigenvalue weighted by Gasteiger charge is 2.03. The predicted octanol–water partition coefficient (Wildman–Crippen LogP) is 0.364. The van der Waals surface area contributed by atoms with Crippen LogP contribution < -0.4 is 5.32 Å². The van der Waals surface area contributed by atoms with E-state index in [1.54, 1.807) is 12.5 Å². The highest BCUT2D eigenvalue weighted by Crippen LogP contribution is 1.97. The van der Waals surface area contributed by atoms with Crippen molar-refractivity contribution in [3.63, 3.8) is 0 Å². The van der Waals surface area contributed by atoms with Crippen LogP contribution in [0.3, 0.4) is 0 Å². The van der Waals surface area contributed by atoms with Gasteiger partial charge in [-0.2, -0.15) is 0 Å². The molecule has 0 atom stereocenters. The van der Waals surface area contributed by atoms with Crippen molar-refractivity contribution in [1.29, 1.82) is 0 Å². The number of hydrogen-bond acceptors (Lipinski definition) is 7. The van der Waals surface area contributed by atoms with Gasteiger partial charge in [0.1, 0.15) is 0 Å². The standard InChI is InChI=1S/C10H17N3O2.C4H4O4.H2O/c1-8(2)13-10(14)15-5-3-4-9-6-11-7-12-9;5-1-3(7)4(8)2-6;/h6-8H,3-5H2,1-2H3,(H,11,12)(H,13,14);1-2,7-8H;1H2. The van der Waals surface area contributed by atoms with Crippen LogP contribution in [-0.4, -0.2) is 57.0 Å². The largest absolute Gasteiger partial charge is 0.502 e. The van der Waals surface area contributed by atoms with Gasteiger partial charge < -0.3 is 30.7 Å². The molecule has 136 valence electrons. The number of carbonyl (C=O) groups is 3. The lowest BCUT2D eigenvalue weighted by Crippen LogP contribution is -2.30. The zero-order valence-electron chi connectivity index (χ0n) is 13.5. The van der Waals surface area contributed by atoms with E-state index < -0.39 is 11.5 Å². The van der Waals surface area contributed by atoms with Crippen LogP contribution in [-0.2, 0) is 20.7 Å². The number of hydrogen-bond donors (Lipinski definition) is 4. The molecule has 1 aromatic rings. The topological polar surface area (TPSA) is 173 Å². The fraction of sp³-hybridized carbons (Fsp3) is 0.429. The zero-order valence-corrected chi connectivity index (χ0v) is 13.5. The summed E-state index contributed by atoms with van der Waals surface area (Å²) in [5.41, 5.74) is 1.06. The third-order valence-electron chi connectivity index (χ3n) is 2.27. The lowest BCUT2D eigenvalue weighted by Gasteiger charge is -2.08. The van der Waals surface area contributed by atoms with Crippen LogP contribution >= 0.6 is 0 Å². The third kappa shape index (κ3) is 11.7. The minimum atomic E-state index is -0.944. The average Bonchev–Trinajstić information content (AvgIpc) is 3.03. The monoisotopic (exact) mass is 345 g/mol. The van der Waals surface area contributed by atoms with E-state index in [2.05, 4.69) is 15.3 Å². The number of aromatic nitrogens is 2. The second kappa shape index (κ2) is 13.8. The van der Waals surface area contributed by atoms with Crippen molar-refractivity contribution >= 4 is 18.7 Å². The lowest BCUT2D eigenvalue weighted by atomic mass is 10.3. The molecule has 0 aliphatic carbocycles. The maximum Gasteiger partial charge on any atom is 0.407 e. The smallest absolute Gasteiger partial charge is 0.407 e. The van der Waals surface area contributed by atoms with E-state index in [9.17, 15) is 14.4 Å². The molecule has 24 heavy (non-hydrogen) atoms. The van der Waals surface area contributed by atoms with Crippen LogP contribution in [0.4, 0.5) is 4.79 Å². The van der Waals surface area contributed by atoms with Gasteiger partial charge in [-0.1, -0.05) is 0 Å². The van der Waals surface area contributed by atoms with E-state index in [1.165, 1.54) is 0 Å². The molecule has 1 heterocycles. The second-order valence-corrected chi connectivity index (χ2v) is 4.62. The number of imidazole rings is 1. The van der Waals surface area contributed by atoms with Gasteiger partial charge in [0.2, 0.25) is 11.5 Å². The van der Waals surface area contributed by atoms with Crippen molar-refractivity contribution in [2.45, 2.75) is 32.7 Å². The fourth-order valence-electron chi connectivity index (χ4n) is 1.25. The Balaban J connectivity index is 0. The maximum absolute atomic E-state index is 11.1. The van der Waals surface area contributed by atoms with Crippen molar-refractivity contribution in [2.75, 3.05) is 6.61 Å². The Bertz CT molecular complexity index is 496. The minimum absolute atomic E-state index is 0. The molecule has 1 rings (SSSR count). The fourth-order valence-corrected chi connectivity index (χ4v) is 1.25. The first kappa shape index (κ1) is 23.4. The van der Waals surface area contributed by atoms with E-state index in [0.29, 0.717) is 6.61 Å². The Morgan fingerprint density at radius 3 is 2.33 bits per heavy atom. The van der Waals surface area contributed by atoms with E-state index in [1.807, 2.05) is 13.8 Å². The number of aliphatic hydroxyl groups excluding tert-OH is 2. The van der Waals surface area contributed by atoms with E-state index in [0.717, 1.165) is 18.5 Å². The van der Waals surface area contributed by atoms with Gasteiger partial charge in [0.15, 0.2) is 12.6 Å². The average molecular weight is 345 g/mol. The molecule has 0 unspecified atom stereocenters. The SMILES string of the molecule is CC(C)NC(=O)OCCCc1cnc[nH]1.O.O=CC(O)=C(O)C=O. The number of H-pyrrole nitrogens is 1. The van der Waals surface area contributed by atoms with Gasteiger partial charge >= 0.3 is 6.09 Å². The van der Waals surface area contributed by atoms with E-state index >= 15 is 0 Å². The Kier molecular flexibility index (Phi) is 13.4. The Labute approximate surface area is 138 Å². The number of rotatable bonds is 7. The van der Waals surface area contributed by atoms with Gasteiger partial charge in [-0.25, -0.2) is 9.78 Å². The number of nitrogens with one attached hydrogen (secondary N) is 2. The van der Waals surface area contributed by atoms with Crippen molar-refractivity contribution < 1.29 is 34.8 Å². The van der Waals surface area contributed by atoms with Gasteiger partial charge in [0, 0.05) is 17.9 Å². The van der Waals surface area contributed by atoms with E-state index in [4.69, 9.17) is 14.9 Å². The summed E-state index contributed by atoms with van der Waals surface area (Å²) in [7, 11) is 0. The molecule has 0 fully saturated rings. The number of aromatic amines is 1. The quantitative estimate of drug-likeness (QED) is 0.239. The third-order valence-corrected chi connectivity index (χ3v) is 2.27. The molecule has 0 bridgehead atoms. The Hall–Kier alpha value is -2.88. The van der Waals surface area contributed by atoms with Gasteiger partial charge in [0.25, 0.3) is 0 Å². The summed E-state index contributed by atoms with van der Waals surface area (Å²) < 4.78 is 4.97. The van der Waals surface area contributed by atoms with Gasteiger partial charge in [-0.05, 0) is 26.7 Å². The molecule has 1 amide bonds. The number of nitrogens with zero attached hydrogens (tertiary/aromatic N) is 1. The highest BCUT2D eigenvalue weighted by molar-refractivity contribution is 5.81. The molecule has 6 N–H and O–H groups in total. The summed E-state index contributed by atoms with van der Waals surface area (Å²) in [6.07, 6.45) is 4.65. The van der Waals surface area contributed by atoms with Crippen LogP contribution in [0, 0.1) is 0 Å². The molecule has 0 spiro atoms. The van der Waals surface area contributed by atoms with Gasteiger partial charge in [-0.15, -0.1) is 0 Å². The molecule has 0 aliphatic heterocycles.